The van der Waals surface area contributed by atoms with Gasteiger partial charge in [-0.15, -0.1) is 24.0 Å². The molecule has 2 N–H and O–H groups in total. The molecule has 0 aromatic rings. The van der Waals surface area contributed by atoms with Gasteiger partial charge in [-0.05, 0) is 31.6 Å². The molecular weight excluding hydrogens is 429 g/mol. The summed E-state index contributed by atoms with van der Waals surface area (Å²) in [4.78, 5) is 6.29. The molecule has 6 nitrogen and oxygen atoms in total. The molecular formula is C12H23F2IN4O2S. The smallest absolute Gasteiger partial charge is 0.350 e. The number of sulfonamides is 1. The average Bonchev–Trinajstić information content (AvgIpc) is 3.28. The standard InChI is InChI=1S/C12H22F2N4O2S.HI/c1-17(10-2-3-10)12(15)16-8-9-4-6-18(7-5-9)21(19,20)11(13)14;/h9-11H,2-8H2,1H3,(H2,15,16);1H. The average molecular weight is 452 g/mol. The molecule has 10 heteroatoms. The number of aliphatic imine (C=N–C) groups is 1. The van der Waals surface area contributed by atoms with Gasteiger partial charge in [0, 0.05) is 32.7 Å². The van der Waals surface area contributed by atoms with Crippen molar-refractivity contribution in [1.82, 2.24) is 9.21 Å². The highest BCUT2D eigenvalue weighted by atomic mass is 127. The summed E-state index contributed by atoms with van der Waals surface area (Å²) in [5.74, 6) is -2.64. The van der Waals surface area contributed by atoms with Crippen molar-refractivity contribution >= 4 is 40.0 Å². The molecule has 1 saturated carbocycles. The Kier molecular flexibility index (Phi) is 7.24. The van der Waals surface area contributed by atoms with Gasteiger partial charge in [0.2, 0.25) is 0 Å². The molecule has 1 aliphatic heterocycles. The molecule has 0 aromatic heterocycles. The van der Waals surface area contributed by atoms with Crippen LogP contribution in [0.15, 0.2) is 4.99 Å². The Morgan fingerprint density at radius 2 is 1.86 bits per heavy atom. The highest BCUT2D eigenvalue weighted by Gasteiger charge is 2.34. The first-order chi connectivity index (χ1) is 9.82. The van der Waals surface area contributed by atoms with Crippen LogP contribution in [0, 0.1) is 5.92 Å². The van der Waals surface area contributed by atoms with E-state index < -0.39 is 15.8 Å². The van der Waals surface area contributed by atoms with Crippen molar-refractivity contribution in [3.63, 3.8) is 0 Å². The monoisotopic (exact) mass is 452 g/mol. The molecule has 1 heterocycles. The van der Waals surface area contributed by atoms with Crippen molar-refractivity contribution in [3.05, 3.63) is 0 Å². The van der Waals surface area contributed by atoms with Crippen molar-refractivity contribution < 1.29 is 17.2 Å². The van der Waals surface area contributed by atoms with Crippen molar-refractivity contribution in [2.75, 3.05) is 26.7 Å². The van der Waals surface area contributed by atoms with Gasteiger partial charge >= 0.3 is 5.76 Å². The highest BCUT2D eigenvalue weighted by molar-refractivity contribution is 14.0. The van der Waals surface area contributed by atoms with Gasteiger partial charge in [-0.1, -0.05) is 0 Å². The van der Waals surface area contributed by atoms with Crippen LogP contribution in [0.1, 0.15) is 25.7 Å². The third kappa shape index (κ3) is 4.88. The maximum absolute atomic E-state index is 12.4. The van der Waals surface area contributed by atoms with Gasteiger partial charge in [-0.3, -0.25) is 4.99 Å². The second kappa shape index (κ2) is 8.04. The Balaban J connectivity index is 0.00000242. The third-order valence-electron chi connectivity index (χ3n) is 4.13. The molecule has 0 unspecified atom stereocenters. The summed E-state index contributed by atoms with van der Waals surface area (Å²) in [7, 11) is -2.53. The van der Waals surface area contributed by atoms with Crippen LogP contribution in [-0.4, -0.2) is 62.1 Å². The molecule has 0 spiro atoms. The van der Waals surface area contributed by atoms with Gasteiger partial charge < -0.3 is 10.6 Å². The predicted molar refractivity (Wildman–Crippen MR) is 91.9 cm³/mol. The first kappa shape index (κ1) is 19.8. The van der Waals surface area contributed by atoms with E-state index in [1.807, 2.05) is 11.9 Å². The largest absolute Gasteiger partial charge is 0.370 e. The van der Waals surface area contributed by atoms with Crippen LogP contribution in [-0.2, 0) is 10.0 Å². The van der Waals surface area contributed by atoms with Crippen molar-refractivity contribution in [3.8, 4) is 0 Å². The van der Waals surface area contributed by atoms with Crippen molar-refractivity contribution in [2.24, 2.45) is 16.6 Å². The van der Waals surface area contributed by atoms with E-state index in [0.717, 1.165) is 17.1 Å². The SMILES string of the molecule is CN(C(N)=NCC1CCN(S(=O)(=O)C(F)F)CC1)C1CC1.I. The second-order valence-electron chi connectivity index (χ2n) is 5.69. The Morgan fingerprint density at radius 1 is 1.32 bits per heavy atom. The summed E-state index contributed by atoms with van der Waals surface area (Å²) in [6.45, 7) is 0.780. The third-order valence-corrected chi connectivity index (χ3v) is 5.66. The van der Waals surface area contributed by atoms with Gasteiger partial charge in [-0.2, -0.15) is 13.1 Å². The van der Waals surface area contributed by atoms with Gasteiger partial charge in [0.05, 0.1) is 0 Å². The van der Waals surface area contributed by atoms with E-state index in [-0.39, 0.29) is 43.0 Å². The molecule has 0 bridgehead atoms. The van der Waals surface area contributed by atoms with Crippen LogP contribution >= 0.6 is 24.0 Å². The number of hydrogen-bond acceptors (Lipinski definition) is 3. The lowest BCUT2D eigenvalue weighted by molar-refractivity contribution is 0.205. The molecule has 0 atom stereocenters. The number of nitrogens with two attached hydrogens (primary N) is 1. The van der Waals surface area contributed by atoms with E-state index >= 15 is 0 Å². The quantitative estimate of drug-likeness (QED) is 0.387. The van der Waals surface area contributed by atoms with Crippen LogP contribution in [0.5, 0.6) is 0 Å². The summed E-state index contributed by atoms with van der Waals surface area (Å²) in [6, 6.07) is 0.492. The lowest BCUT2D eigenvalue weighted by Crippen LogP contribution is -2.42. The molecule has 0 aromatic carbocycles. The Hall–Kier alpha value is -0.230. The number of rotatable bonds is 5. The fourth-order valence-electron chi connectivity index (χ4n) is 2.44. The van der Waals surface area contributed by atoms with E-state index in [1.54, 1.807) is 0 Å². The van der Waals surface area contributed by atoms with Gasteiger partial charge in [0.15, 0.2) is 5.96 Å². The molecule has 22 heavy (non-hydrogen) atoms. The Bertz CT molecular complexity index is 491. The number of piperidine rings is 1. The minimum Gasteiger partial charge on any atom is -0.370 e. The molecule has 0 amide bonds. The second-order valence-corrected chi connectivity index (χ2v) is 7.59. The highest BCUT2D eigenvalue weighted by Crippen LogP contribution is 2.25. The fourth-order valence-corrected chi connectivity index (χ4v) is 3.39. The van der Waals surface area contributed by atoms with Crippen molar-refractivity contribution in [1.29, 1.82) is 0 Å². The summed E-state index contributed by atoms with van der Waals surface area (Å²) in [5, 5.41) is 0. The van der Waals surface area contributed by atoms with E-state index in [9.17, 15) is 17.2 Å². The maximum atomic E-state index is 12.4. The summed E-state index contributed by atoms with van der Waals surface area (Å²) in [6.07, 6.45) is 3.35. The van der Waals surface area contributed by atoms with Gasteiger partial charge in [0.25, 0.3) is 10.0 Å². The zero-order valence-corrected chi connectivity index (χ0v) is 15.6. The summed E-state index contributed by atoms with van der Waals surface area (Å²) >= 11 is 0. The van der Waals surface area contributed by atoms with E-state index in [0.29, 0.717) is 31.4 Å². The van der Waals surface area contributed by atoms with Crippen molar-refractivity contribution in [2.45, 2.75) is 37.5 Å². The molecule has 0 radical (unpaired) electrons. The number of alkyl halides is 2. The maximum Gasteiger partial charge on any atom is 0.350 e. The predicted octanol–water partition coefficient (Wildman–Crippen LogP) is 1.28. The molecule has 1 aliphatic carbocycles. The zero-order valence-electron chi connectivity index (χ0n) is 12.5. The van der Waals surface area contributed by atoms with E-state index in [4.69, 9.17) is 5.73 Å². The fraction of sp³-hybridized carbons (Fsp3) is 0.917. The Morgan fingerprint density at radius 3 is 2.32 bits per heavy atom. The first-order valence-corrected chi connectivity index (χ1v) is 8.62. The minimum atomic E-state index is -4.44. The van der Waals surface area contributed by atoms with Crippen LogP contribution in [0.4, 0.5) is 8.78 Å². The lowest BCUT2D eigenvalue weighted by atomic mass is 9.98. The molecule has 2 fully saturated rings. The molecule has 130 valence electrons. The Labute approximate surface area is 147 Å². The van der Waals surface area contributed by atoms with E-state index in [2.05, 4.69) is 4.99 Å². The molecule has 2 aliphatic rings. The first-order valence-electron chi connectivity index (χ1n) is 7.12. The van der Waals surface area contributed by atoms with Crippen LogP contribution in [0.25, 0.3) is 0 Å². The summed E-state index contributed by atoms with van der Waals surface area (Å²) < 4.78 is 48.5. The minimum absolute atomic E-state index is 0. The van der Waals surface area contributed by atoms with Gasteiger partial charge in [0.1, 0.15) is 0 Å². The zero-order chi connectivity index (χ0) is 15.6. The number of guanidine groups is 1. The molecule has 1 saturated heterocycles. The van der Waals surface area contributed by atoms with Crippen LogP contribution in [0.3, 0.4) is 0 Å². The molecule has 2 rings (SSSR count). The summed E-state index contributed by atoms with van der Waals surface area (Å²) in [5.41, 5.74) is 5.88. The van der Waals surface area contributed by atoms with E-state index in [1.165, 1.54) is 0 Å². The number of hydrogen-bond donors (Lipinski definition) is 1. The number of nitrogens with zero attached hydrogens (tertiary/aromatic N) is 3. The normalized spacial score (nSPS) is 21.7. The van der Waals surface area contributed by atoms with Crippen LogP contribution in [0.2, 0.25) is 0 Å². The topological polar surface area (TPSA) is 79.0 Å². The lowest BCUT2D eigenvalue weighted by Gasteiger charge is -2.30. The van der Waals surface area contributed by atoms with Gasteiger partial charge in [-0.25, -0.2) is 8.42 Å². The number of halogens is 3. The van der Waals surface area contributed by atoms with Crippen LogP contribution < -0.4 is 5.73 Å².